The highest BCUT2D eigenvalue weighted by Crippen LogP contribution is 2.28. The molecule has 27 heavy (non-hydrogen) atoms. The van der Waals surface area contributed by atoms with Gasteiger partial charge in [0.2, 0.25) is 0 Å². The summed E-state index contributed by atoms with van der Waals surface area (Å²) in [5, 5.41) is 14.0. The maximum absolute atomic E-state index is 12.2. The molecular formula is C18H17ClN2O6. The number of hydrogen-bond acceptors (Lipinski definition) is 6. The largest absolute Gasteiger partial charge is 0.487 e. The van der Waals surface area contributed by atoms with Gasteiger partial charge in [-0.1, -0.05) is 23.7 Å². The van der Waals surface area contributed by atoms with Crippen molar-refractivity contribution in [3.8, 4) is 5.75 Å². The molecular weight excluding hydrogens is 376 g/mol. The molecule has 0 radical (unpaired) electrons. The van der Waals surface area contributed by atoms with E-state index in [2.05, 4.69) is 5.32 Å². The molecule has 142 valence electrons. The first-order valence-corrected chi connectivity index (χ1v) is 8.39. The van der Waals surface area contributed by atoms with Crippen LogP contribution in [0.3, 0.4) is 0 Å². The van der Waals surface area contributed by atoms with Gasteiger partial charge in [0.25, 0.3) is 5.91 Å². The van der Waals surface area contributed by atoms with Crippen molar-refractivity contribution in [3.63, 3.8) is 0 Å². The first-order valence-electron chi connectivity index (χ1n) is 8.01. The number of nitrogens with one attached hydrogen (secondary N) is 1. The quantitative estimate of drug-likeness (QED) is 0.436. The van der Waals surface area contributed by atoms with Crippen LogP contribution in [0, 0.1) is 10.1 Å². The molecule has 0 aliphatic heterocycles. The topological polar surface area (TPSA) is 108 Å². The Bertz CT molecular complexity index is 871. The normalized spacial score (nSPS) is 11.4. The van der Waals surface area contributed by atoms with Gasteiger partial charge in [0, 0.05) is 6.07 Å². The summed E-state index contributed by atoms with van der Waals surface area (Å²) in [6.07, 6.45) is -1.14. The number of rotatable bonds is 7. The molecule has 0 unspecified atom stereocenters. The second-order valence-corrected chi connectivity index (χ2v) is 5.80. The monoisotopic (exact) mass is 392 g/mol. The Labute approximate surface area is 160 Å². The maximum atomic E-state index is 12.2. The van der Waals surface area contributed by atoms with E-state index in [0.717, 1.165) is 6.07 Å². The zero-order valence-electron chi connectivity index (χ0n) is 14.6. The molecule has 0 saturated carbocycles. The third-order valence-electron chi connectivity index (χ3n) is 3.48. The number of ether oxygens (including phenoxy) is 2. The minimum absolute atomic E-state index is 0.0450. The van der Waals surface area contributed by atoms with Crippen LogP contribution in [0.2, 0.25) is 5.02 Å². The van der Waals surface area contributed by atoms with Gasteiger partial charge in [-0.3, -0.25) is 14.9 Å². The fourth-order valence-corrected chi connectivity index (χ4v) is 2.33. The summed E-state index contributed by atoms with van der Waals surface area (Å²) >= 11 is 5.96. The fraction of sp³-hybridized carbons (Fsp3) is 0.222. The molecule has 1 amide bonds. The molecule has 1 N–H and O–H groups in total. The van der Waals surface area contributed by atoms with E-state index in [-0.39, 0.29) is 23.6 Å². The number of esters is 1. The van der Waals surface area contributed by atoms with Crippen molar-refractivity contribution in [2.75, 3.05) is 11.9 Å². The molecule has 0 fully saturated rings. The molecule has 0 bridgehead atoms. The second kappa shape index (κ2) is 9.00. The zero-order valence-corrected chi connectivity index (χ0v) is 15.4. The van der Waals surface area contributed by atoms with E-state index in [9.17, 15) is 19.7 Å². The molecule has 9 heteroatoms. The molecule has 0 aromatic heterocycles. The number of nitro groups is 1. The first-order chi connectivity index (χ1) is 12.8. The van der Waals surface area contributed by atoms with Gasteiger partial charge in [-0.05, 0) is 38.1 Å². The minimum atomic E-state index is -1.14. The third kappa shape index (κ3) is 5.18. The summed E-state index contributed by atoms with van der Waals surface area (Å²) in [5.41, 5.74) is -0.0502. The zero-order chi connectivity index (χ0) is 20.0. The van der Waals surface area contributed by atoms with E-state index in [1.54, 1.807) is 31.2 Å². The Morgan fingerprint density at radius 2 is 1.96 bits per heavy atom. The van der Waals surface area contributed by atoms with Crippen LogP contribution in [-0.2, 0) is 9.53 Å². The van der Waals surface area contributed by atoms with Crippen molar-refractivity contribution in [2.24, 2.45) is 0 Å². The SMILES string of the molecule is CCOc1ccc(C(=O)O[C@@H](C)C(=O)Nc2ccccc2Cl)cc1[N+](=O)[O-]. The summed E-state index contributed by atoms with van der Waals surface area (Å²) in [6, 6.07) is 10.3. The van der Waals surface area contributed by atoms with Gasteiger partial charge in [-0.2, -0.15) is 0 Å². The van der Waals surface area contributed by atoms with Crippen LogP contribution in [0.25, 0.3) is 0 Å². The second-order valence-electron chi connectivity index (χ2n) is 5.39. The first kappa shape index (κ1) is 20.2. The van der Waals surface area contributed by atoms with Crippen LogP contribution >= 0.6 is 11.6 Å². The molecule has 0 heterocycles. The Balaban J connectivity index is 2.09. The molecule has 0 saturated heterocycles. The summed E-state index contributed by atoms with van der Waals surface area (Å²) in [5.74, 6) is -1.41. The number of hydrogen-bond donors (Lipinski definition) is 1. The van der Waals surface area contributed by atoms with Crippen LogP contribution in [-0.4, -0.2) is 29.5 Å². The highest BCUT2D eigenvalue weighted by atomic mass is 35.5. The van der Waals surface area contributed by atoms with E-state index in [1.807, 2.05) is 0 Å². The van der Waals surface area contributed by atoms with Gasteiger partial charge in [0.1, 0.15) is 0 Å². The lowest BCUT2D eigenvalue weighted by atomic mass is 10.2. The lowest BCUT2D eigenvalue weighted by Crippen LogP contribution is -2.30. The van der Waals surface area contributed by atoms with Crippen molar-refractivity contribution in [3.05, 3.63) is 63.2 Å². The molecule has 0 aliphatic carbocycles. The van der Waals surface area contributed by atoms with E-state index in [4.69, 9.17) is 21.1 Å². The number of benzene rings is 2. The van der Waals surface area contributed by atoms with E-state index < -0.39 is 22.9 Å². The van der Waals surface area contributed by atoms with Crippen molar-refractivity contribution in [2.45, 2.75) is 20.0 Å². The lowest BCUT2D eigenvalue weighted by Gasteiger charge is -2.14. The average Bonchev–Trinajstić information content (AvgIpc) is 2.63. The number of amides is 1. The summed E-state index contributed by atoms with van der Waals surface area (Å²) in [7, 11) is 0. The third-order valence-corrected chi connectivity index (χ3v) is 3.81. The Morgan fingerprint density at radius 3 is 2.59 bits per heavy atom. The molecule has 2 aromatic carbocycles. The highest BCUT2D eigenvalue weighted by molar-refractivity contribution is 6.33. The van der Waals surface area contributed by atoms with E-state index in [1.165, 1.54) is 19.1 Å². The number of nitrogens with zero attached hydrogens (tertiary/aromatic N) is 1. The predicted molar refractivity (Wildman–Crippen MR) is 99.2 cm³/mol. The number of carbonyl (C=O) groups excluding carboxylic acids is 2. The summed E-state index contributed by atoms with van der Waals surface area (Å²) in [4.78, 5) is 34.9. The average molecular weight is 393 g/mol. The number of halogens is 1. The van der Waals surface area contributed by atoms with E-state index in [0.29, 0.717) is 10.7 Å². The molecule has 0 aliphatic rings. The molecule has 8 nitrogen and oxygen atoms in total. The lowest BCUT2D eigenvalue weighted by molar-refractivity contribution is -0.385. The van der Waals surface area contributed by atoms with Crippen LogP contribution in [0.4, 0.5) is 11.4 Å². The predicted octanol–water partition coefficient (Wildman–Crippen LogP) is 3.83. The maximum Gasteiger partial charge on any atom is 0.339 e. The van der Waals surface area contributed by atoms with Crippen molar-refractivity contribution < 1.29 is 24.0 Å². The van der Waals surface area contributed by atoms with Gasteiger partial charge in [0.15, 0.2) is 11.9 Å². The van der Waals surface area contributed by atoms with Crippen molar-refractivity contribution in [1.29, 1.82) is 0 Å². The number of carbonyl (C=O) groups is 2. The molecule has 0 spiro atoms. The minimum Gasteiger partial charge on any atom is -0.487 e. The smallest absolute Gasteiger partial charge is 0.339 e. The van der Waals surface area contributed by atoms with Gasteiger partial charge in [-0.25, -0.2) is 4.79 Å². The van der Waals surface area contributed by atoms with Gasteiger partial charge in [0.05, 0.1) is 27.8 Å². The standard InChI is InChI=1S/C18H17ClN2O6/c1-3-26-16-9-8-12(10-15(16)21(24)25)18(23)27-11(2)17(22)20-14-7-5-4-6-13(14)19/h4-11H,3H2,1-2H3,(H,20,22)/t11-/m0/s1. The summed E-state index contributed by atoms with van der Waals surface area (Å²) in [6.45, 7) is 3.31. The van der Waals surface area contributed by atoms with Gasteiger partial charge >= 0.3 is 11.7 Å². The summed E-state index contributed by atoms with van der Waals surface area (Å²) < 4.78 is 10.2. The van der Waals surface area contributed by atoms with Gasteiger partial charge in [-0.15, -0.1) is 0 Å². The Kier molecular flexibility index (Phi) is 6.73. The molecule has 2 rings (SSSR count). The number of para-hydroxylation sites is 1. The van der Waals surface area contributed by atoms with Crippen molar-refractivity contribution in [1.82, 2.24) is 0 Å². The van der Waals surface area contributed by atoms with Crippen molar-refractivity contribution >= 4 is 34.9 Å². The fourth-order valence-electron chi connectivity index (χ4n) is 2.14. The Morgan fingerprint density at radius 1 is 1.26 bits per heavy atom. The van der Waals surface area contributed by atoms with Crippen LogP contribution in [0.5, 0.6) is 5.75 Å². The van der Waals surface area contributed by atoms with E-state index >= 15 is 0 Å². The Hall–Kier alpha value is -3.13. The molecule has 2 aromatic rings. The van der Waals surface area contributed by atoms with Crippen LogP contribution in [0.15, 0.2) is 42.5 Å². The molecule has 1 atom stereocenters. The van der Waals surface area contributed by atoms with Gasteiger partial charge < -0.3 is 14.8 Å². The highest BCUT2D eigenvalue weighted by Gasteiger charge is 2.23. The number of nitro benzene ring substituents is 1. The number of anilines is 1. The van der Waals surface area contributed by atoms with Crippen LogP contribution < -0.4 is 10.1 Å². The van der Waals surface area contributed by atoms with Crippen LogP contribution in [0.1, 0.15) is 24.2 Å².